The molecule has 0 spiro atoms. The molecule has 0 N–H and O–H groups in total. The van der Waals surface area contributed by atoms with Crippen molar-refractivity contribution in [3.63, 3.8) is 0 Å². The van der Waals surface area contributed by atoms with Crippen LogP contribution in [0.3, 0.4) is 0 Å². The van der Waals surface area contributed by atoms with Crippen molar-refractivity contribution >= 4 is 11.9 Å². The molecule has 142 valence electrons. The number of carbonyl (C=O) groups excluding carboxylic acids is 2. The van der Waals surface area contributed by atoms with Gasteiger partial charge in [0.1, 0.15) is 11.5 Å². The number of carbonyl (C=O) groups is 2. The second-order valence-corrected chi connectivity index (χ2v) is 6.46. The minimum atomic E-state index is -0.554. The third-order valence-electron chi connectivity index (χ3n) is 4.80. The van der Waals surface area contributed by atoms with Gasteiger partial charge >= 0.3 is 5.97 Å². The highest BCUT2D eigenvalue weighted by Crippen LogP contribution is 2.31. The predicted molar refractivity (Wildman–Crippen MR) is 98.1 cm³/mol. The van der Waals surface area contributed by atoms with Crippen molar-refractivity contribution in [2.24, 2.45) is 0 Å². The molecule has 6 nitrogen and oxygen atoms in total. The van der Waals surface area contributed by atoms with Crippen molar-refractivity contribution in [3.05, 3.63) is 76.7 Å². The highest BCUT2D eigenvalue weighted by Gasteiger charge is 2.29. The lowest BCUT2D eigenvalue weighted by Crippen LogP contribution is -2.36. The van der Waals surface area contributed by atoms with Crippen LogP contribution in [-0.2, 0) is 17.7 Å². The first-order chi connectivity index (χ1) is 13.6. The fraction of sp³-hybridized carbons (Fsp3) is 0.190. The van der Waals surface area contributed by atoms with E-state index < -0.39 is 5.97 Å². The van der Waals surface area contributed by atoms with Gasteiger partial charge in [-0.25, -0.2) is 9.18 Å². The summed E-state index contributed by atoms with van der Waals surface area (Å²) in [4.78, 5) is 26.6. The molecule has 0 fully saturated rings. The SMILES string of the molecule is COC(=O)c1ccccc1C(=O)N1CCc2c(noc2-c2ccc(F)cc2)C1. The number of fused-ring (bicyclic) bond motifs is 1. The molecule has 0 saturated carbocycles. The molecular formula is C21H17FN2O4. The van der Waals surface area contributed by atoms with Crippen molar-refractivity contribution in [1.29, 1.82) is 0 Å². The quantitative estimate of drug-likeness (QED) is 0.651. The van der Waals surface area contributed by atoms with Crippen LogP contribution in [0.4, 0.5) is 4.39 Å². The normalized spacial score (nSPS) is 13.1. The zero-order valence-electron chi connectivity index (χ0n) is 15.1. The fourth-order valence-corrected chi connectivity index (χ4v) is 3.36. The number of halogens is 1. The second kappa shape index (κ2) is 7.26. The van der Waals surface area contributed by atoms with E-state index in [-0.39, 0.29) is 23.8 Å². The summed E-state index contributed by atoms with van der Waals surface area (Å²) >= 11 is 0. The molecule has 4 rings (SSSR count). The number of rotatable bonds is 3. The van der Waals surface area contributed by atoms with Crippen molar-refractivity contribution < 1.29 is 23.2 Å². The lowest BCUT2D eigenvalue weighted by Gasteiger charge is -2.26. The monoisotopic (exact) mass is 380 g/mol. The first-order valence-electron chi connectivity index (χ1n) is 8.78. The zero-order chi connectivity index (χ0) is 19.7. The number of aromatic nitrogens is 1. The Morgan fingerprint density at radius 2 is 1.82 bits per heavy atom. The highest BCUT2D eigenvalue weighted by atomic mass is 19.1. The van der Waals surface area contributed by atoms with Gasteiger partial charge in [-0.3, -0.25) is 4.79 Å². The smallest absolute Gasteiger partial charge is 0.338 e. The molecule has 1 aromatic heterocycles. The van der Waals surface area contributed by atoms with Crippen LogP contribution in [0.1, 0.15) is 32.0 Å². The molecule has 3 aromatic rings. The molecule has 0 bridgehead atoms. The predicted octanol–water partition coefficient (Wildman–Crippen LogP) is 3.47. The molecule has 1 aliphatic rings. The van der Waals surface area contributed by atoms with Gasteiger partial charge in [-0.15, -0.1) is 0 Å². The van der Waals surface area contributed by atoms with Crippen LogP contribution in [0.5, 0.6) is 0 Å². The van der Waals surface area contributed by atoms with Gasteiger partial charge in [0.2, 0.25) is 0 Å². The molecule has 7 heteroatoms. The van der Waals surface area contributed by atoms with Crippen LogP contribution < -0.4 is 0 Å². The maximum absolute atomic E-state index is 13.2. The Balaban J connectivity index is 1.60. The molecule has 0 unspecified atom stereocenters. The van der Waals surface area contributed by atoms with Crippen molar-refractivity contribution in [1.82, 2.24) is 10.1 Å². The molecule has 0 aliphatic carbocycles. The molecule has 1 amide bonds. The molecule has 2 heterocycles. The summed E-state index contributed by atoms with van der Waals surface area (Å²) in [5.74, 6) is -0.546. The van der Waals surface area contributed by atoms with Crippen molar-refractivity contribution in [2.45, 2.75) is 13.0 Å². The molecule has 28 heavy (non-hydrogen) atoms. The number of methoxy groups -OCH3 is 1. The number of hydrogen-bond acceptors (Lipinski definition) is 5. The Labute approximate surface area is 160 Å². The second-order valence-electron chi connectivity index (χ2n) is 6.46. The van der Waals surface area contributed by atoms with Gasteiger partial charge < -0.3 is 14.2 Å². The van der Waals surface area contributed by atoms with Crippen LogP contribution in [0, 0.1) is 5.82 Å². The van der Waals surface area contributed by atoms with E-state index in [1.807, 2.05) is 0 Å². The summed E-state index contributed by atoms with van der Waals surface area (Å²) in [7, 11) is 1.28. The van der Waals surface area contributed by atoms with Crippen LogP contribution in [0.25, 0.3) is 11.3 Å². The number of amides is 1. The topological polar surface area (TPSA) is 72.6 Å². The Hall–Kier alpha value is -3.48. The summed E-state index contributed by atoms with van der Waals surface area (Å²) in [6.45, 7) is 0.727. The van der Waals surface area contributed by atoms with Gasteiger partial charge in [0.25, 0.3) is 5.91 Å². The number of esters is 1. The summed E-state index contributed by atoms with van der Waals surface area (Å²) in [6, 6.07) is 12.6. The zero-order valence-corrected chi connectivity index (χ0v) is 15.1. The fourth-order valence-electron chi connectivity index (χ4n) is 3.36. The van der Waals surface area contributed by atoms with Crippen LogP contribution in [0.15, 0.2) is 53.1 Å². The Morgan fingerprint density at radius 1 is 1.11 bits per heavy atom. The van der Waals surface area contributed by atoms with E-state index in [0.717, 1.165) is 11.1 Å². The molecule has 0 radical (unpaired) electrons. The summed E-state index contributed by atoms with van der Waals surface area (Å²) in [5.41, 5.74) is 2.84. The summed E-state index contributed by atoms with van der Waals surface area (Å²) in [6.07, 6.45) is 0.553. The largest absolute Gasteiger partial charge is 0.465 e. The first kappa shape index (κ1) is 17.9. The number of hydrogen-bond donors (Lipinski definition) is 0. The number of ether oxygens (including phenoxy) is 1. The van der Waals surface area contributed by atoms with Gasteiger partial charge in [0.15, 0.2) is 5.76 Å². The number of benzene rings is 2. The van der Waals surface area contributed by atoms with E-state index >= 15 is 0 Å². The van der Waals surface area contributed by atoms with Gasteiger partial charge in [0.05, 0.1) is 24.8 Å². The average Bonchev–Trinajstić information content (AvgIpc) is 3.16. The van der Waals surface area contributed by atoms with Crippen LogP contribution >= 0.6 is 0 Å². The Kier molecular flexibility index (Phi) is 4.65. The highest BCUT2D eigenvalue weighted by molar-refractivity contribution is 6.05. The third kappa shape index (κ3) is 3.15. The van der Waals surface area contributed by atoms with Gasteiger partial charge in [-0.2, -0.15) is 0 Å². The Bertz CT molecular complexity index is 1040. The summed E-state index contributed by atoms with van der Waals surface area (Å²) in [5, 5.41) is 4.10. The van der Waals surface area contributed by atoms with E-state index in [2.05, 4.69) is 5.16 Å². The first-order valence-corrected chi connectivity index (χ1v) is 8.78. The third-order valence-corrected chi connectivity index (χ3v) is 4.80. The number of nitrogens with zero attached hydrogens (tertiary/aromatic N) is 2. The van der Waals surface area contributed by atoms with Crippen LogP contribution in [-0.4, -0.2) is 35.6 Å². The molecule has 2 aromatic carbocycles. The molecule has 0 atom stereocenters. The summed E-state index contributed by atoms with van der Waals surface area (Å²) < 4.78 is 23.4. The van der Waals surface area contributed by atoms with E-state index in [1.165, 1.54) is 19.2 Å². The van der Waals surface area contributed by atoms with Gasteiger partial charge in [0, 0.05) is 17.7 Å². The molecule has 0 saturated heterocycles. The van der Waals surface area contributed by atoms with E-state index in [4.69, 9.17) is 9.26 Å². The molecular weight excluding hydrogens is 363 g/mol. The maximum atomic E-state index is 13.2. The van der Waals surface area contributed by atoms with Crippen LogP contribution in [0.2, 0.25) is 0 Å². The van der Waals surface area contributed by atoms with Crippen molar-refractivity contribution in [2.75, 3.05) is 13.7 Å². The van der Waals surface area contributed by atoms with E-state index in [9.17, 15) is 14.0 Å². The van der Waals surface area contributed by atoms with E-state index in [0.29, 0.717) is 30.0 Å². The standard InChI is InChI=1S/C21H17FN2O4/c1-27-21(26)16-5-3-2-4-15(16)20(25)24-11-10-17-18(12-24)23-28-19(17)13-6-8-14(22)9-7-13/h2-9H,10-12H2,1H3. The lowest BCUT2D eigenvalue weighted by molar-refractivity contribution is 0.0588. The van der Waals surface area contributed by atoms with Gasteiger partial charge in [-0.1, -0.05) is 17.3 Å². The maximum Gasteiger partial charge on any atom is 0.338 e. The average molecular weight is 380 g/mol. The Morgan fingerprint density at radius 3 is 2.54 bits per heavy atom. The van der Waals surface area contributed by atoms with Crippen molar-refractivity contribution in [3.8, 4) is 11.3 Å². The minimum absolute atomic E-state index is 0.230. The van der Waals surface area contributed by atoms with Gasteiger partial charge in [-0.05, 0) is 42.8 Å². The minimum Gasteiger partial charge on any atom is -0.465 e. The van der Waals surface area contributed by atoms with E-state index in [1.54, 1.807) is 41.3 Å². The molecule has 1 aliphatic heterocycles. The lowest BCUT2D eigenvalue weighted by atomic mass is 9.99.